The topological polar surface area (TPSA) is 0 Å². The Hall–Kier alpha value is -2.51. The van der Waals surface area contributed by atoms with E-state index in [1.165, 1.54) is 32.7 Å². The minimum atomic E-state index is -6.00. The molecule has 0 aliphatic rings. The van der Waals surface area contributed by atoms with E-state index in [-0.39, 0.29) is 14.9 Å². The number of hydrogen-bond donors (Lipinski definition) is 0. The molecular weight excluding hydrogens is 415 g/mol. The van der Waals surface area contributed by atoms with Gasteiger partial charge in [-0.05, 0) is 39.3 Å². The fourth-order valence-corrected chi connectivity index (χ4v) is 3.59. The van der Waals surface area contributed by atoms with Crippen molar-refractivity contribution < 1.29 is 18.7 Å². The highest BCUT2D eigenvalue weighted by atomic mass is 32.1. The van der Waals surface area contributed by atoms with E-state index in [1.807, 2.05) is 0 Å². The Balaban J connectivity index is 0.000000581. The molecule has 0 aliphatic heterocycles. The summed E-state index contributed by atoms with van der Waals surface area (Å²) in [4.78, 5) is 1.31. The van der Waals surface area contributed by atoms with Gasteiger partial charge < -0.3 is 17.3 Å². The molecule has 0 bridgehead atoms. The molecule has 1 heterocycles. The first-order chi connectivity index (χ1) is 13.4. The summed E-state index contributed by atoms with van der Waals surface area (Å²) in [5, 5.41) is 2.12. The normalized spacial score (nSPS) is 10.5. The van der Waals surface area contributed by atoms with Gasteiger partial charge in [0.1, 0.15) is 0 Å². The van der Waals surface area contributed by atoms with Crippen LogP contribution in [0.3, 0.4) is 0 Å². The minimum absolute atomic E-state index is 0. The molecule has 1 aromatic heterocycles. The Kier molecular flexibility index (Phi) is 8.11. The van der Waals surface area contributed by atoms with Gasteiger partial charge in [-0.3, -0.25) is 0 Å². The molecule has 0 amide bonds. The zero-order valence-electron chi connectivity index (χ0n) is 16.2. The zero-order valence-corrected chi connectivity index (χ0v) is 17.1. The second kappa shape index (κ2) is 10.3. The van der Waals surface area contributed by atoms with Crippen LogP contribution in [0.2, 0.25) is 0 Å². The maximum absolute atomic E-state index is 9.75. The van der Waals surface area contributed by atoms with Crippen LogP contribution in [0.25, 0.3) is 32.7 Å². The highest BCUT2D eigenvalue weighted by Gasteiger charge is 2.20. The van der Waals surface area contributed by atoms with Crippen molar-refractivity contribution in [3.8, 4) is 32.7 Å². The Bertz CT molecular complexity index is 1000. The summed E-state index contributed by atoms with van der Waals surface area (Å²) in [6, 6.07) is 32.3. The summed E-state index contributed by atoms with van der Waals surface area (Å²) in [5.41, 5.74) is 6.34. The van der Waals surface area contributed by atoms with Crippen LogP contribution in [0.15, 0.2) is 96.4 Å². The van der Waals surface area contributed by atoms with E-state index in [1.54, 1.807) is 11.3 Å². The van der Waals surface area contributed by atoms with Crippen molar-refractivity contribution in [2.75, 3.05) is 0 Å². The highest BCUT2D eigenvalue weighted by molar-refractivity contribution is 7.59. The van der Waals surface area contributed by atoms with Gasteiger partial charge in [0.05, 0.1) is 0 Å². The molecule has 0 nitrogen and oxygen atoms in total. The lowest BCUT2D eigenvalue weighted by molar-refractivity contribution is 0.368. The number of rotatable bonds is 3. The van der Waals surface area contributed by atoms with Crippen LogP contribution < -0.4 is 0 Å². The Morgan fingerprint density at radius 2 is 1.00 bits per heavy atom. The Morgan fingerprint density at radius 1 is 0.552 bits per heavy atom. The van der Waals surface area contributed by atoms with E-state index < -0.39 is 7.25 Å². The van der Waals surface area contributed by atoms with Crippen LogP contribution in [0.1, 0.15) is 1.43 Å². The summed E-state index contributed by atoms with van der Waals surface area (Å²) >= 11 is 1.78. The molecule has 7 heteroatoms. The van der Waals surface area contributed by atoms with Crippen molar-refractivity contribution >= 4 is 32.1 Å². The van der Waals surface area contributed by atoms with Gasteiger partial charge in [-0.2, -0.15) is 13.5 Å². The summed E-state index contributed by atoms with van der Waals surface area (Å²) < 4.78 is 39.0. The summed E-state index contributed by atoms with van der Waals surface area (Å²) in [6.07, 6.45) is 0. The largest absolute Gasteiger partial charge is 1.00 e. The van der Waals surface area contributed by atoms with E-state index in [9.17, 15) is 17.3 Å². The van der Waals surface area contributed by atoms with Crippen LogP contribution in [-0.4, -0.2) is 7.25 Å². The third-order valence-corrected chi connectivity index (χ3v) is 4.93. The maximum atomic E-state index is 9.75. The van der Waals surface area contributed by atoms with Crippen LogP contribution >= 0.6 is 24.8 Å². The van der Waals surface area contributed by atoms with Crippen LogP contribution in [0.4, 0.5) is 17.3 Å². The molecule has 0 spiro atoms. The SMILES string of the molecule is F[B-](F)(F)F.S.[H+].c1ccc(-c2ccccc2-c2ccc(-c3cccs3)cc2)cc1. The molecule has 0 saturated carbocycles. The fraction of sp³-hybridized carbons (Fsp3) is 0. The maximum Gasteiger partial charge on any atom is 1.00 e. The molecule has 0 aliphatic carbocycles. The minimum Gasteiger partial charge on any atom is -0.418 e. The van der Waals surface area contributed by atoms with Gasteiger partial charge in [-0.25, -0.2) is 0 Å². The number of halogens is 4. The molecule has 0 atom stereocenters. The van der Waals surface area contributed by atoms with E-state index >= 15 is 0 Å². The number of thiophene rings is 1. The van der Waals surface area contributed by atoms with Gasteiger partial charge in [0.25, 0.3) is 0 Å². The smallest absolute Gasteiger partial charge is 0.418 e. The summed E-state index contributed by atoms with van der Waals surface area (Å²) in [7, 11) is -6.00. The quantitative estimate of drug-likeness (QED) is 0.225. The summed E-state index contributed by atoms with van der Waals surface area (Å²) in [6.45, 7) is 0. The lowest BCUT2D eigenvalue weighted by Crippen LogP contribution is -2.02. The van der Waals surface area contributed by atoms with Crippen molar-refractivity contribution in [1.82, 2.24) is 0 Å². The Morgan fingerprint density at radius 3 is 1.48 bits per heavy atom. The van der Waals surface area contributed by atoms with Crippen LogP contribution in [0, 0.1) is 0 Å². The van der Waals surface area contributed by atoms with E-state index in [2.05, 4.69) is 96.4 Å². The third kappa shape index (κ3) is 6.80. The monoisotopic (exact) mass is 434 g/mol. The lowest BCUT2D eigenvalue weighted by Gasteiger charge is -2.10. The molecule has 4 rings (SSSR count). The average molecular weight is 434 g/mol. The van der Waals surface area contributed by atoms with Gasteiger partial charge in [-0.15, -0.1) is 11.3 Å². The zero-order chi connectivity index (χ0) is 20.0. The van der Waals surface area contributed by atoms with Crippen molar-refractivity contribution in [2.45, 2.75) is 0 Å². The van der Waals surface area contributed by atoms with Gasteiger partial charge in [-0.1, -0.05) is 84.9 Å². The fourth-order valence-electron chi connectivity index (χ4n) is 2.86. The first kappa shape index (κ1) is 22.8. The van der Waals surface area contributed by atoms with E-state index in [0.717, 1.165) is 0 Å². The predicted octanol–water partition coefficient (Wildman–Crippen LogP) is 8.27. The second-order valence-corrected chi connectivity index (χ2v) is 6.91. The lowest BCUT2D eigenvalue weighted by atomic mass is 9.94. The van der Waals surface area contributed by atoms with Gasteiger partial charge in [0.15, 0.2) is 0 Å². The molecule has 0 fully saturated rings. The van der Waals surface area contributed by atoms with E-state index in [4.69, 9.17) is 0 Å². The molecule has 0 unspecified atom stereocenters. The molecule has 150 valence electrons. The molecule has 0 radical (unpaired) electrons. The average Bonchev–Trinajstić information content (AvgIpc) is 3.22. The van der Waals surface area contributed by atoms with Gasteiger partial charge in [0, 0.05) is 4.88 Å². The standard InChI is InChI=1S/C22H16S.BF4.H2S/c1-2-7-17(8-3-1)20-9-4-5-10-21(20)18-12-14-19(15-13-18)22-11-6-16-23-22;2-1(3,4)5;/h1-16H;;1H2/q;-1;/p+1. The Labute approximate surface area is 179 Å². The van der Waals surface area contributed by atoms with Gasteiger partial charge >= 0.3 is 8.68 Å². The molecule has 4 aromatic rings. The molecule has 29 heavy (non-hydrogen) atoms. The summed E-state index contributed by atoms with van der Waals surface area (Å²) in [5.74, 6) is 0. The van der Waals surface area contributed by atoms with Crippen LogP contribution in [0.5, 0.6) is 0 Å². The number of benzene rings is 3. The van der Waals surface area contributed by atoms with Gasteiger partial charge in [0.2, 0.25) is 0 Å². The molecule has 0 N–H and O–H groups in total. The first-order valence-electron chi connectivity index (χ1n) is 8.58. The van der Waals surface area contributed by atoms with Crippen molar-refractivity contribution in [1.29, 1.82) is 0 Å². The van der Waals surface area contributed by atoms with Crippen molar-refractivity contribution in [3.05, 3.63) is 96.4 Å². The van der Waals surface area contributed by atoms with Crippen LogP contribution in [-0.2, 0) is 0 Å². The molecular formula is C22H19BF4S2. The first-order valence-corrected chi connectivity index (χ1v) is 9.46. The third-order valence-electron chi connectivity index (χ3n) is 4.01. The van der Waals surface area contributed by atoms with E-state index in [0.29, 0.717) is 0 Å². The second-order valence-electron chi connectivity index (χ2n) is 5.96. The molecule has 3 aromatic carbocycles. The number of hydrogen-bond acceptors (Lipinski definition) is 1. The molecule has 0 saturated heterocycles. The highest BCUT2D eigenvalue weighted by Crippen LogP contribution is 2.33. The predicted molar refractivity (Wildman–Crippen MR) is 122 cm³/mol. The van der Waals surface area contributed by atoms with Crippen molar-refractivity contribution in [3.63, 3.8) is 0 Å². The van der Waals surface area contributed by atoms with Crippen molar-refractivity contribution in [2.24, 2.45) is 0 Å².